The molecule has 0 radical (unpaired) electrons. The van der Waals surface area contributed by atoms with Crippen molar-refractivity contribution < 1.29 is 9.47 Å². The van der Waals surface area contributed by atoms with Gasteiger partial charge in [0.25, 0.3) is 0 Å². The lowest BCUT2D eigenvalue weighted by Crippen LogP contribution is -1.93. The topological polar surface area (TPSA) is 25.1 Å². The van der Waals surface area contributed by atoms with Crippen molar-refractivity contribution in [2.24, 2.45) is 0 Å². The third-order valence-corrected chi connectivity index (χ3v) is 2.49. The summed E-state index contributed by atoms with van der Waals surface area (Å²) in [7, 11) is 0. The molecule has 0 N–H and O–H groups in total. The first kappa shape index (κ1) is 7.15. The molecule has 1 aromatic rings. The Balaban J connectivity index is 2.00. The monoisotopic (exact) mass is 174 g/mol. The molecule has 0 bridgehead atoms. The summed E-state index contributed by atoms with van der Waals surface area (Å²) in [5.41, 5.74) is 2.43. The van der Waals surface area contributed by atoms with Gasteiger partial charge >= 0.3 is 0 Å². The second-order valence-corrected chi connectivity index (χ2v) is 3.43. The van der Waals surface area contributed by atoms with E-state index in [0.717, 1.165) is 24.5 Å². The lowest BCUT2D eigenvalue weighted by Gasteiger charge is -1.99. The van der Waals surface area contributed by atoms with Crippen LogP contribution in [-0.2, 0) is 11.2 Å². The molecule has 2 aliphatic rings. The molecule has 0 saturated carbocycles. The largest absolute Gasteiger partial charge is 0.449 e. The first-order chi connectivity index (χ1) is 6.38. The summed E-state index contributed by atoms with van der Waals surface area (Å²) < 4.78 is 10.5. The fraction of sp³-hybridized carbons (Fsp3) is 0.273. The minimum atomic E-state index is 0.411. The highest BCUT2D eigenvalue weighted by molar-refractivity contribution is 5.68. The van der Waals surface area contributed by atoms with E-state index in [1.807, 2.05) is 12.1 Å². The van der Waals surface area contributed by atoms with Gasteiger partial charge in [-0.1, -0.05) is 18.7 Å². The van der Waals surface area contributed by atoms with Crippen LogP contribution < -0.4 is 4.74 Å². The summed E-state index contributed by atoms with van der Waals surface area (Å²) in [6.07, 6.45) is 3.25. The van der Waals surface area contributed by atoms with Crippen LogP contribution in [0.3, 0.4) is 0 Å². The smallest absolute Gasteiger partial charge is 0.174 e. The zero-order valence-corrected chi connectivity index (χ0v) is 7.25. The Morgan fingerprint density at radius 3 is 3.08 bits per heavy atom. The van der Waals surface area contributed by atoms with Crippen molar-refractivity contribution in [1.82, 2.24) is 0 Å². The maximum atomic E-state index is 5.34. The molecule has 2 aliphatic heterocycles. The normalized spacial score (nSPS) is 21.7. The average molecular weight is 174 g/mol. The molecule has 0 spiro atoms. The van der Waals surface area contributed by atoms with E-state index in [0.29, 0.717) is 6.10 Å². The molecule has 66 valence electrons. The van der Waals surface area contributed by atoms with E-state index in [4.69, 9.17) is 9.47 Å². The minimum Gasteiger partial charge on any atom is -0.449 e. The maximum absolute atomic E-state index is 5.34. The van der Waals surface area contributed by atoms with Gasteiger partial charge in [0.2, 0.25) is 0 Å². The lowest BCUT2D eigenvalue weighted by atomic mass is 10.0. The van der Waals surface area contributed by atoms with Crippen molar-refractivity contribution >= 4 is 6.08 Å². The molecule has 0 amide bonds. The fourth-order valence-electron chi connectivity index (χ4n) is 1.62. The molecule has 1 saturated heterocycles. The van der Waals surface area contributed by atoms with Gasteiger partial charge in [-0.15, -0.1) is 0 Å². The summed E-state index contributed by atoms with van der Waals surface area (Å²) in [5, 5.41) is 0. The van der Waals surface area contributed by atoms with Gasteiger partial charge in [-0.3, -0.25) is 0 Å². The quantitative estimate of drug-likeness (QED) is 0.667. The Kier molecular flexibility index (Phi) is 1.30. The SMILES string of the molecule is C=Cc1ccc2c(c1CC1CO1)O2. The van der Waals surface area contributed by atoms with Crippen LogP contribution in [0.2, 0.25) is 0 Å². The number of rotatable bonds is 3. The molecular formula is C11H10O2. The molecule has 0 aromatic heterocycles. The van der Waals surface area contributed by atoms with Gasteiger partial charge in [-0.25, -0.2) is 0 Å². The summed E-state index contributed by atoms with van der Waals surface area (Å²) in [5.74, 6) is 2.06. The number of hydrogen-bond acceptors (Lipinski definition) is 2. The fourth-order valence-corrected chi connectivity index (χ4v) is 1.62. The van der Waals surface area contributed by atoms with E-state index in [-0.39, 0.29) is 0 Å². The molecule has 2 heteroatoms. The van der Waals surface area contributed by atoms with Gasteiger partial charge in [-0.2, -0.15) is 0 Å². The number of fused-ring (bicyclic) bond motifs is 1. The first-order valence-electron chi connectivity index (χ1n) is 4.46. The molecular weight excluding hydrogens is 164 g/mol. The van der Waals surface area contributed by atoms with Gasteiger partial charge in [0.1, 0.15) is 0 Å². The van der Waals surface area contributed by atoms with Crippen molar-refractivity contribution in [2.75, 3.05) is 6.61 Å². The highest BCUT2D eigenvalue weighted by Crippen LogP contribution is 2.50. The van der Waals surface area contributed by atoms with Crippen LogP contribution in [0.1, 0.15) is 11.1 Å². The summed E-state index contributed by atoms with van der Waals surface area (Å²) in [4.78, 5) is 0. The average Bonchev–Trinajstić information content (AvgIpc) is 2.99. The number of hydrogen-bond donors (Lipinski definition) is 0. The van der Waals surface area contributed by atoms with E-state index in [9.17, 15) is 0 Å². The van der Waals surface area contributed by atoms with Gasteiger partial charge in [0.15, 0.2) is 11.5 Å². The van der Waals surface area contributed by atoms with Crippen LogP contribution in [0.25, 0.3) is 6.08 Å². The van der Waals surface area contributed by atoms with Crippen LogP contribution in [-0.4, -0.2) is 12.7 Å². The van der Waals surface area contributed by atoms with E-state index in [2.05, 4.69) is 12.6 Å². The summed E-state index contributed by atoms with van der Waals surface area (Å²) in [6, 6.07) is 4.04. The molecule has 2 heterocycles. The predicted molar refractivity (Wildman–Crippen MR) is 50.1 cm³/mol. The minimum absolute atomic E-state index is 0.411. The standard InChI is InChI=1S/C11H10O2/c1-2-7-3-4-10-11(13-10)9(7)5-8-6-12-8/h2-4,8H,1,5-6H2. The van der Waals surface area contributed by atoms with Crippen molar-refractivity contribution in [2.45, 2.75) is 12.5 Å². The van der Waals surface area contributed by atoms with E-state index < -0.39 is 0 Å². The summed E-state index contributed by atoms with van der Waals surface area (Å²) in [6.45, 7) is 4.68. The molecule has 13 heavy (non-hydrogen) atoms. The van der Waals surface area contributed by atoms with Crippen molar-refractivity contribution in [1.29, 1.82) is 0 Å². The van der Waals surface area contributed by atoms with Crippen LogP contribution in [0, 0.1) is 0 Å². The van der Waals surface area contributed by atoms with E-state index in [1.54, 1.807) is 0 Å². The number of benzene rings is 1. The van der Waals surface area contributed by atoms with Crippen LogP contribution >= 0.6 is 0 Å². The van der Waals surface area contributed by atoms with E-state index >= 15 is 0 Å². The molecule has 0 aliphatic carbocycles. The zero-order chi connectivity index (χ0) is 8.84. The van der Waals surface area contributed by atoms with Gasteiger partial charge in [0.05, 0.1) is 12.7 Å². The second-order valence-electron chi connectivity index (χ2n) is 3.43. The van der Waals surface area contributed by atoms with Crippen LogP contribution in [0.4, 0.5) is 0 Å². The number of ether oxygens (including phenoxy) is 2. The molecule has 3 rings (SSSR count). The predicted octanol–water partition coefficient (Wildman–Crippen LogP) is 2.38. The molecule has 1 atom stereocenters. The molecule has 1 unspecified atom stereocenters. The third-order valence-electron chi connectivity index (χ3n) is 2.49. The lowest BCUT2D eigenvalue weighted by molar-refractivity contribution is 0.407. The highest BCUT2D eigenvalue weighted by Gasteiger charge is 2.31. The second kappa shape index (κ2) is 2.36. The highest BCUT2D eigenvalue weighted by atomic mass is 16.6. The molecule has 1 aromatic carbocycles. The van der Waals surface area contributed by atoms with Gasteiger partial charge in [0, 0.05) is 12.0 Å². The Morgan fingerprint density at radius 1 is 1.54 bits per heavy atom. The first-order valence-corrected chi connectivity index (χ1v) is 4.46. The summed E-state index contributed by atoms with van der Waals surface area (Å²) >= 11 is 0. The Labute approximate surface area is 76.8 Å². The van der Waals surface area contributed by atoms with Crippen molar-refractivity contribution in [3.05, 3.63) is 29.8 Å². The maximum Gasteiger partial charge on any atom is 0.174 e. The van der Waals surface area contributed by atoms with Crippen molar-refractivity contribution in [3.8, 4) is 11.5 Å². The van der Waals surface area contributed by atoms with Crippen LogP contribution in [0.5, 0.6) is 11.5 Å². The van der Waals surface area contributed by atoms with Gasteiger partial charge in [-0.05, 0) is 11.6 Å². The third kappa shape index (κ3) is 1.14. The Morgan fingerprint density at radius 2 is 2.38 bits per heavy atom. The number of epoxide rings is 1. The van der Waals surface area contributed by atoms with E-state index in [1.165, 1.54) is 11.1 Å². The Bertz CT molecular complexity index is 378. The Hall–Kier alpha value is -1.28. The van der Waals surface area contributed by atoms with Crippen molar-refractivity contribution in [3.63, 3.8) is 0 Å². The van der Waals surface area contributed by atoms with Crippen LogP contribution in [0.15, 0.2) is 18.7 Å². The molecule has 1 fully saturated rings. The van der Waals surface area contributed by atoms with Gasteiger partial charge < -0.3 is 9.47 Å². The molecule has 2 nitrogen and oxygen atoms in total. The zero-order valence-electron chi connectivity index (χ0n) is 7.25.